The Kier molecular flexibility index (Phi) is 21.8. The summed E-state index contributed by atoms with van der Waals surface area (Å²) in [6.45, 7) is 0. The van der Waals surface area contributed by atoms with Gasteiger partial charge in [0.1, 0.15) is 0 Å². The van der Waals surface area contributed by atoms with Crippen LogP contribution in [0.25, 0.3) is 0 Å². The maximum Gasteiger partial charge on any atom is 1.00 e. The first-order chi connectivity index (χ1) is 4.64. The van der Waals surface area contributed by atoms with E-state index < -0.39 is 19.8 Å². The summed E-state index contributed by atoms with van der Waals surface area (Å²) in [5, 5.41) is 16.3. The Morgan fingerprint density at radius 1 is 1.23 bits per heavy atom. The molecule has 0 bridgehead atoms. The average molecular weight is 248 g/mol. The van der Waals surface area contributed by atoms with E-state index in [-0.39, 0.29) is 80.9 Å². The topological polar surface area (TPSA) is 158 Å². The Labute approximate surface area is 137 Å². The predicted molar refractivity (Wildman–Crippen MR) is 24.7 cm³/mol. The molecule has 0 aromatic carbocycles. The molecule has 0 aliphatic rings. The van der Waals surface area contributed by atoms with Gasteiger partial charge in [-0.25, -0.2) is 4.79 Å². The summed E-state index contributed by atoms with van der Waals surface area (Å²) in [6.07, 6.45) is 0. The second-order valence-electron chi connectivity index (χ2n) is 1.08. The third-order valence-electron chi connectivity index (χ3n) is 0.175. The number of carbonyl (C=O) groups is 2. The minimum atomic E-state index is -4.89. The van der Waals surface area contributed by atoms with E-state index in [1.54, 1.807) is 0 Å². The normalized spacial score (nSPS) is 7.92. The minimum Gasteiger partial charge on any atom is -0.756 e. The number of carboxylic acids is 2. The summed E-state index contributed by atoms with van der Waals surface area (Å²) < 4.78 is 8.77. The van der Waals surface area contributed by atoms with Crippen LogP contribution in [0.2, 0.25) is 0 Å². The van der Waals surface area contributed by atoms with Gasteiger partial charge in [0, 0.05) is 0 Å². The van der Waals surface area contributed by atoms with Crippen LogP contribution in [0, 0.1) is 0 Å². The number of hydrogen-bond acceptors (Lipinski definition) is 5. The van der Waals surface area contributed by atoms with Gasteiger partial charge < -0.3 is 29.7 Å². The van der Waals surface area contributed by atoms with Gasteiger partial charge in [-0.15, -0.1) is 0 Å². The predicted octanol–water partition coefficient (Wildman–Crippen LogP) is -9.73. The summed E-state index contributed by atoms with van der Waals surface area (Å²) >= 11 is 0. The van der Waals surface area contributed by atoms with Crippen LogP contribution in [0.1, 0.15) is 0 Å². The molecule has 0 fully saturated rings. The molecule has 3 N–H and O–H groups in total. The van der Waals surface area contributed by atoms with Crippen LogP contribution in [0.4, 0.5) is 0 Å². The van der Waals surface area contributed by atoms with Crippen LogP contribution >= 0.6 is 7.82 Å². The van der Waals surface area contributed by atoms with Gasteiger partial charge in [-0.1, -0.05) is 0 Å². The zero-order valence-corrected chi connectivity index (χ0v) is 12.8. The van der Waals surface area contributed by atoms with Crippen molar-refractivity contribution in [1.82, 2.24) is 0 Å². The number of hydrogen-bond donors (Lipinski definition) is 3. The van der Waals surface area contributed by atoms with E-state index in [1.807, 2.05) is 0 Å². The van der Waals surface area contributed by atoms with Crippen molar-refractivity contribution < 1.29 is 120 Å². The summed E-state index contributed by atoms with van der Waals surface area (Å²) in [5.74, 6) is -4.01. The molecule has 0 aromatic heterocycles. The standard InChI is InChI=1S/C2H2O4.K.Na.H3O4P/c3-1(4)2(5)6;;;1-5(2,3)4/h(H,3,4)(H,5,6);;;(H3,1,2,3,4)/q;2*+1;/p-2. The van der Waals surface area contributed by atoms with Gasteiger partial charge in [-0.2, -0.15) is 0 Å². The van der Waals surface area contributed by atoms with Gasteiger partial charge in [-0.05, 0) is 0 Å². The molecule has 0 heterocycles. The van der Waals surface area contributed by atoms with Gasteiger partial charge in [0.15, 0.2) is 5.97 Å². The third kappa shape index (κ3) is 57.8. The molecule has 0 unspecified atom stereocenters. The molecule has 0 atom stereocenters. The van der Waals surface area contributed by atoms with Crippen LogP contribution in [0.3, 0.4) is 0 Å². The molecule has 0 radical (unpaired) electrons. The van der Waals surface area contributed by atoms with Crippen molar-refractivity contribution in [3.63, 3.8) is 0 Å². The van der Waals surface area contributed by atoms with E-state index in [4.69, 9.17) is 39.0 Å². The van der Waals surface area contributed by atoms with Gasteiger partial charge in [-0.3, -0.25) is 4.57 Å². The van der Waals surface area contributed by atoms with E-state index in [0.717, 1.165) is 0 Å². The first kappa shape index (κ1) is 24.1. The van der Waals surface area contributed by atoms with E-state index in [1.165, 1.54) is 0 Å². The molecular formula is C2H3KNaO8P. The monoisotopic (exact) mass is 248 g/mol. The van der Waals surface area contributed by atoms with E-state index in [2.05, 4.69) is 0 Å². The number of rotatable bonds is 0. The van der Waals surface area contributed by atoms with Crippen molar-refractivity contribution in [1.29, 1.82) is 0 Å². The third-order valence-corrected chi connectivity index (χ3v) is 0.175. The quantitative estimate of drug-likeness (QED) is 0.216. The molecule has 0 rings (SSSR count). The van der Waals surface area contributed by atoms with Crippen LogP contribution in [0.15, 0.2) is 0 Å². The Morgan fingerprint density at radius 2 is 1.31 bits per heavy atom. The Balaban J connectivity index is -0.0000000546. The molecule has 0 aliphatic heterocycles. The van der Waals surface area contributed by atoms with Crippen molar-refractivity contribution in [2.45, 2.75) is 0 Å². The van der Waals surface area contributed by atoms with Gasteiger partial charge in [0.2, 0.25) is 0 Å². The molecule has 11 heteroatoms. The van der Waals surface area contributed by atoms with Crippen molar-refractivity contribution in [3.05, 3.63) is 0 Å². The fourth-order valence-electron chi connectivity index (χ4n) is 0. The molecule has 13 heavy (non-hydrogen) atoms. The maximum absolute atomic E-state index is 9.04. The van der Waals surface area contributed by atoms with Crippen LogP contribution in [0.5, 0.6) is 0 Å². The molecule has 0 saturated carbocycles. The smallest absolute Gasteiger partial charge is 0.756 e. The fourth-order valence-corrected chi connectivity index (χ4v) is 0. The van der Waals surface area contributed by atoms with Crippen molar-refractivity contribution in [2.75, 3.05) is 0 Å². The maximum atomic E-state index is 9.04. The van der Waals surface area contributed by atoms with E-state index in [0.29, 0.717) is 0 Å². The molecule has 66 valence electrons. The molecule has 0 spiro atoms. The zero-order valence-electron chi connectivity index (χ0n) is 6.83. The second-order valence-corrected chi connectivity index (χ2v) is 2.06. The molecule has 0 aliphatic carbocycles. The van der Waals surface area contributed by atoms with Crippen LogP contribution in [-0.2, 0) is 14.2 Å². The molecule has 0 aromatic rings. The van der Waals surface area contributed by atoms with Gasteiger partial charge in [0.05, 0.1) is 0 Å². The first-order valence-electron chi connectivity index (χ1n) is 1.85. The average Bonchev–Trinajstić information content (AvgIpc) is 1.59. The van der Waals surface area contributed by atoms with E-state index >= 15 is 0 Å². The minimum absolute atomic E-state index is 0. The van der Waals surface area contributed by atoms with Crippen molar-refractivity contribution in [3.8, 4) is 0 Å². The van der Waals surface area contributed by atoms with Gasteiger partial charge in [0.25, 0.3) is 7.82 Å². The SMILES string of the molecule is O=C([O-])C(=O)O.O=P([O-])(O)O.[K+].[Na+]. The molecule has 0 amide bonds. The van der Waals surface area contributed by atoms with Crippen LogP contribution in [-0.4, -0.2) is 26.8 Å². The largest absolute Gasteiger partial charge is 1.00 e. The Morgan fingerprint density at radius 3 is 1.31 bits per heavy atom. The number of phosphoric acid groups is 1. The first-order valence-corrected chi connectivity index (χ1v) is 3.38. The molecule has 0 saturated heterocycles. The molecular weight excluding hydrogens is 245 g/mol. The summed E-state index contributed by atoms with van der Waals surface area (Å²) in [7, 11) is -4.89. The Bertz CT molecular complexity index is 178. The summed E-state index contributed by atoms with van der Waals surface area (Å²) in [5.41, 5.74) is 0. The fraction of sp³-hybridized carbons (Fsp3) is 0. The van der Waals surface area contributed by atoms with Crippen molar-refractivity contribution in [2.24, 2.45) is 0 Å². The number of carboxylic acid groups (broad SMARTS) is 2. The van der Waals surface area contributed by atoms with Gasteiger partial charge >= 0.3 is 86.9 Å². The second kappa shape index (κ2) is 11.8. The van der Waals surface area contributed by atoms with Crippen LogP contribution < -0.4 is 90.9 Å². The number of carbonyl (C=O) groups excluding carboxylic acids is 1. The summed E-state index contributed by atoms with van der Waals surface area (Å²) in [6, 6.07) is 0. The molecule has 8 nitrogen and oxygen atoms in total. The summed E-state index contributed by atoms with van der Waals surface area (Å²) in [4.78, 5) is 40.9. The van der Waals surface area contributed by atoms with Crippen molar-refractivity contribution >= 4 is 19.8 Å². The van der Waals surface area contributed by atoms with E-state index in [9.17, 15) is 0 Å². The zero-order chi connectivity index (χ0) is 9.65. The number of aliphatic carboxylic acids is 2. The Hall–Kier alpha value is 1.69.